The van der Waals surface area contributed by atoms with Crippen molar-refractivity contribution in [2.75, 3.05) is 0 Å². The summed E-state index contributed by atoms with van der Waals surface area (Å²) in [5.41, 5.74) is 5.74. The van der Waals surface area contributed by atoms with Gasteiger partial charge < -0.3 is 4.52 Å². The van der Waals surface area contributed by atoms with E-state index in [0.717, 1.165) is 17.0 Å². The summed E-state index contributed by atoms with van der Waals surface area (Å²) in [6.45, 7) is 4.00. The molecule has 0 spiro atoms. The van der Waals surface area contributed by atoms with Gasteiger partial charge in [0.2, 0.25) is 0 Å². The zero-order valence-corrected chi connectivity index (χ0v) is 15.4. The number of aromatic nitrogens is 1. The molecule has 0 saturated heterocycles. The predicted octanol–water partition coefficient (Wildman–Crippen LogP) is 6.93. The number of benzene rings is 4. The molecule has 1 aromatic heterocycles. The summed E-state index contributed by atoms with van der Waals surface area (Å²) in [7, 11) is 0. The molecule has 0 bridgehead atoms. The lowest BCUT2D eigenvalue weighted by atomic mass is 9.85. The van der Waals surface area contributed by atoms with Crippen LogP contribution < -0.4 is 0 Å². The van der Waals surface area contributed by atoms with Crippen LogP contribution in [0.15, 0.2) is 83.4 Å². The number of nitrogens with zero attached hydrogens (tertiary/aromatic N) is 1. The number of hydrogen-bond acceptors (Lipinski definition) is 2. The summed E-state index contributed by atoms with van der Waals surface area (Å²) < 4.78 is 5.51. The second kappa shape index (κ2) is 6.10. The van der Waals surface area contributed by atoms with Crippen LogP contribution in [0, 0.1) is 13.8 Å². The van der Waals surface area contributed by atoms with Gasteiger partial charge in [0, 0.05) is 11.1 Å². The topological polar surface area (TPSA) is 26.0 Å². The van der Waals surface area contributed by atoms with Gasteiger partial charge in [-0.2, -0.15) is 0 Å². The highest BCUT2D eigenvalue weighted by Crippen LogP contribution is 2.44. The zero-order chi connectivity index (χ0) is 18.4. The van der Waals surface area contributed by atoms with Crippen molar-refractivity contribution in [2.45, 2.75) is 13.8 Å². The first kappa shape index (κ1) is 15.8. The van der Waals surface area contributed by atoms with E-state index in [4.69, 9.17) is 4.52 Å². The smallest absolute Gasteiger partial charge is 0.141 e. The van der Waals surface area contributed by atoms with Gasteiger partial charge in [-0.1, -0.05) is 84.0 Å². The fraction of sp³-hybridized carbons (Fsp3) is 0.0800. The Morgan fingerprint density at radius 2 is 1.04 bits per heavy atom. The fourth-order valence-electron chi connectivity index (χ4n) is 4.15. The van der Waals surface area contributed by atoms with E-state index in [9.17, 15) is 0 Å². The minimum absolute atomic E-state index is 0.857. The van der Waals surface area contributed by atoms with E-state index in [1.807, 2.05) is 13.8 Å². The van der Waals surface area contributed by atoms with Gasteiger partial charge in [0.15, 0.2) is 0 Å². The molecule has 0 amide bonds. The molecule has 2 nitrogen and oxygen atoms in total. The molecule has 5 rings (SSSR count). The van der Waals surface area contributed by atoms with E-state index in [-0.39, 0.29) is 0 Å². The maximum Gasteiger partial charge on any atom is 0.141 e. The van der Waals surface area contributed by atoms with Crippen LogP contribution in [0.25, 0.3) is 43.8 Å². The monoisotopic (exact) mass is 349 g/mol. The van der Waals surface area contributed by atoms with Gasteiger partial charge >= 0.3 is 0 Å². The molecular weight excluding hydrogens is 330 g/mol. The third-order valence-corrected chi connectivity index (χ3v) is 5.28. The van der Waals surface area contributed by atoms with Gasteiger partial charge in [0.1, 0.15) is 5.76 Å². The van der Waals surface area contributed by atoms with Crippen LogP contribution in [0.2, 0.25) is 0 Å². The van der Waals surface area contributed by atoms with E-state index < -0.39 is 0 Å². The Morgan fingerprint density at radius 1 is 0.556 bits per heavy atom. The van der Waals surface area contributed by atoms with Crippen molar-refractivity contribution >= 4 is 21.5 Å². The van der Waals surface area contributed by atoms with Crippen molar-refractivity contribution in [3.05, 3.63) is 90.3 Å². The molecule has 0 atom stereocenters. The Balaban J connectivity index is 2.05. The van der Waals surface area contributed by atoms with Crippen molar-refractivity contribution in [3.8, 4) is 22.3 Å². The normalized spacial score (nSPS) is 11.3. The second-order valence-electron chi connectivity index (χ2n) is 6.91. The van der Waals surface area contributed by atoms with Crippen LogP contribution in [0.4, 0.5) is 0 Å². The highest BCUT2D eigenvalue weighted by Gasteiger charge is 2.20. The van der Waals surface area contributed by atoms with Crippen LogP contribution >= 0.6 is 0 Å². The maximum atomic E-state index is 5.51. The van der Waals surface area contributed by atoms with Gasteiger partial charge in [-0.3, -0.25) is 0 Å². The Labute approximate surface area is 158 Å². The van der Waals surface area contributed by atoms with E-state index in [1.54, 1.807) is 0 Å². The first-order chi connectivity index (χ1) is 13.3. The van der Waals surface area contributed by atoms with Gasteiger partial charge in [0.05, 0.1) is 5.69 Å². The molecule has 2 heteroatoms. The second-order valence-corrected chi connectivity index (χ2v) is 6.91. The third-order valence-electron chi connectivity index (χ3n) is 5.28. The predicted molar refractivity (Wildman–Crippen MR) is 112 cm³/mol. The Morgan fingerprint density at radius 3 is 1.52 bits per heavy atom. The Bertz CT molecular complexity index is 1210. The number of rotatable bonds is 2. The van der Waals surface area contributed by atoms with Gasteiger partial charge in [0.25, 0.3) is 0 Å². The third kappa shape index (κ3) is 2.37. The molecule has 0 saturated carbocycles. The highest BCUT2D eigenvalue weighted by atomic mass is 16.5. The van der Waals surface area contributed by atoms with E-state index in [1.165, 1.54) is 38.2 Å². The van der Waals surface area contributed by atoms with Crippen molar-refractivity contribution in [1.82, 2.24) is 5.16 Å². The number of fused-ring (bicyclic) bond motifs is 2. The molecule has 0 radical (unpaired) electrons. The lowest BCUT2D eigenvalue weighted by molar-refractivity contribution is 0.393. The van der Waals surface area contributed by atoms with Gasteiger partial charge in [-0.25, -0.2) is 0 Å². The molecule has 130 valence electrons. The first-order valence-electron chi connectivity index (χ1n) is 9.18. The average molecular weight is 349 g/mol. The lowest BCUT2D eigenvalue weighted by Gasteiger charge is -2.17. The van der Waals surface area contributed by atoms with Gasteiger partial charge in [-0.15, -0.1) is 0 Å². The number of hydrogen-bond donors (Lipinski definition) is 0. The van der Waals surface area contributed by atoms with E-state index in [2.05, 4.69) is 84.0 Å². The molecule has 27 heavy (non-hydrogen) atoms. The highest BCUT2D eigenvalue weighted by molar-refractivity contribution is 6.21. The van der Waals surface area contributed by atoms with Crippen LogP contribution in [0.1, 0.15) is 11.5 Å². The van der Waals surface area contributed by atoms with Crippen molar-refractivity contribution < 1.29 is 4.52 Å². The minimum Gasteiger partial charge on any atom is -0.361 e. The molecule has 0 aliphatic rings. The molecule has 1 heterocycles. The summed E-state index contributed by atoms with van der Waals surface area (Å²) in [5.74, 6) is 0.857. The van der Waals surface area contributed by atoms with Crippen molar-refractivity contribution in [1.29, 1.82) is 0 Å². The largest absolute Gasteiger partial charge is 0.361 e. The van der Waals surface area contributed by atoms with Crippen LogP contribution in [-0.2, 0) is 0 Å². The zero-order valence-electron chi connectivity index (χ0n) is 15.4. The summed E-state index contributed by atoms with van der Waals surface area (Å²) in [4.78, 5) is 0. The van der Waals surface area contributed by atoms with Crippen LogP contribution in [0.5, 0.6) is 0 Å². The standard InChI is InChI=1S/C25H19NO/c1-16-23(17(2)27-26-16)25-21-14-8-6-12-19(21)24(18-10-4-3-5-11-18)20-13-7-9-15-22(20)25/h3-15H,1-2H3. The lowest BCUT2D eigenvalue weighted by Crippen LogP contribution is -1.92. The van der Waals surface area contributed by atoms with E-state index >= 15 is 0 Å². The molecule has 0 aliphatic heterocycles. The minimum atomic E-state index is 0.857. The molecular formula is C25H19NO. The summed E-state index contributed by atoms with van der Waals surface area (Å²) in [6, 6.07) is 27.9. The molecule has 0 N–H and O–H groups in total. The molecule has 0 fully saturated rings. The fourth-order valence-corrected chi connectivity index (χ4v) is 4.15. The van der Waals surface area contributed by atoms with E-state index in [0.29, 0.717) is 0 Å². The molecule has 5 aromatic rings. The summed E-state index contributed by atoms with van der Waals surface area (Å²) in [6.07, 6.45) is 0. The molecule has 0 unspecified atom stereocenters. The molecule has 0 aliphatic carbocycles. The van der Waals surface area contributed by atoms with Crippen LogP contribution in [-0.4, -0.2) is 5.16 Å². The first-order valence-corrected chi connectivity index (χ1v) is 9.18. The van der Waals surface area contributed by atoms with Crippen molar-refractivity contribution in [2.24, 2.45) is 0 Å². The number of aryl methyl sites for hydroxylation is 2. The van der Waals surface area contributed by atoms with Crippen molar-refractivity contribution in [3.63, 3.8) is 0 Å². The van der Waals surface area contributed by atoms with Gasteiger partial charge in [-0.05, 0) is 46.5 Å². The average Bonchev–Trinajstić information content (AvgIpc) is 3.05. The summed E-state index contributed by atoms with van der Waals surface area (Å²) in [5, 5.41) is 9.16. The summed E-state index contributed by atoms with van der Waals surface area (Å²) >= 11 is 0. The molecule has 4 aromatic carbocycles. The Hall–Kier alpha value is -3.39. The SMILES string of the molecule is Cc1noc(C)c1-c1c2ccccc2c(-c2ccccc2)c2ccccc12. The maximum absolute atomic E-state index is 5.51. The Kier molecular flexibility index (Phi) is 3.58. The van der Waals surface area contributed by atoms with Crippen LogP contribution in [0.3, 0.4) is 0 Å². The quantitative estimate of drug-likeness (QED) is 0.323.